The van der Waals surface area contributed by atoms with E-state index in [0.717, 1.165) is 18.2 Å². The molecule has 1 amide bonds. The van der Waals surface area contributed by atoms with Crippen LogP contribution in [0.15, 0.2) is 71.6 Å². The fraction of sp³-hybridized carbons (Fsp3) is 0.269. The van der Waals surface area contributed by atoms with Crippen molar-refractivity contribution in [2.24, 2.45) is 5.92 Å². The van der Waals surface area contributed by atoms with Gasteiger partial charge in [0.15, 0.2) is 0 Å². The first-order valence-electron chi connectivity index (χ1n) is 11.4. The van der Waals surface area contributed by atoms with E-state index in [0.29, 0.717) is 23.7 Å². The van der Waals surface area contributed by atoms with Crippen LogP contribution in [0.25, 0.3) is 0 Å². The van der Waals surface area contributed by atoms with Crippen molar-refractivity contribution in [3.63, 3.8) is 0 Å². The third-order valence-corrected chi connectivity index (χ3v) is 6.70. The summed E-state index contributed by atoms with van der Waals surface area (Å²) in [4.78, 5) is 24.8. The van der Waals surface area contributed by atoms with Gasteiger partial charge in [0.2, 0.25) is 0 Å². The Labute approximate surface area is 217 Å². The van der Waals surface area contributed by atoms with Gasteiger partial charge >= 0.3 is 16.3 Å². The lowest BCUT2D eigenvalue weighted by molar-refractivity contribution is -0.385. The normalized spacial score (nSPS) is 11.9. The zero-order chi connectivity index (χ0) is 28.3. The minimum Gasteiger partial charge on any atom is -0.379 e. The fourth-order valence-electron chi connectivity index (χ4n) is 3.70. The second kappa shape index (κ2) is 11.2. The Kier molecular flexibility index (Phi) is 8.45. The zero-order valence-corrected chi connectivity index (χ0v) is 21.5. The van der Waals surface area contributed by atoms with Crippen molar-refractivity contribution < 1.29 is 35.5 Å². The van der Waals surface area contributed by atoms with Crippen molar-refractivity contribution in [2.45, 2.75) is 38.4 Å². The largest absolute Gasteiger partial charge is 0.416 e. The van der Waals surface area contributed by atoms with Gasteiger partial charge in [0.05, 0.1) is 10.5 Å². The zero-order valence-electron chi connectivity index (χ0n) is 20.7. The summed E-state index contributed by atoms with van der Waals surface area (Å²) in [6, 6.07) is 13.2. The molecule has 0 aliphatic heterocycles. The smallest absolute Gasteiger partial charge is 0.379 e. The molecule has 8 nitrogen and oxygen atoms in total. The molecule has 0 spiro atoms. The van der Waals surface area contributed by atoms with Crippen LogP contribution >= 0.6 is 0 Å². The molecule has 38 heavy (non-hydrogen) atoms. The molecule has 3 aromatic rings. The van der Waals surface area contributed by atoms with Gasteiger partial charge in [-0.1, -0.05) is 38.1 Å². The number of amides is 1. The number of nitro benzene ring substituents is 1. The quantitative estimate of drug-likeness (QED) is 0.184. The highest BCUT2D eigenvalue weighted by Gasteiger charge is 2.32. The Bertz CT molecular complexity index is 1460. The summed E-state index contributed by atoms with van der Waals surface area (Å²) in [5, 5.41) is 11.3. The topological polar surface area (TPSA) is 107 Å². The monoisotopic (exact) mass is 550 g/mol. The first-order valence-corrected chi connectivity index (χ1v) is 12.8. The highest BCUT2D eigenvalue weighted by atomic mass is 32.2. The molecule has 0 unspecified atom stereocenters. The third-order valence-electron chi connectivity index (χ3n) is 5.45. The van der Waals surface area contributed by atoms with Crippen molar-refractivity contribution in [2.75, 3.05) is 6.54 Å². The van der Waals surface area contributed by atoms with Crippen LogP contribution in [0, 0.1) is 23.0 Å². The number of carbonyl (C=O) groups excluding carboxylic acids is 1. The second-order valence-corrected chi connectivity index (χ2v) is 10.6. The molecular formula is C26H25F3N2O6S. The standard InChI is InChI=1S/C26H25F3N2O6S/c1-17(2)15-30(25(32)20-11-10-18(3)24(13-20)31(33)34)16-19-6-4-8-22(12-19)37-38(35,36)23-9-5-7-21(14-23)26(27,28)29/h4-14,17H,15-16H2,1-3H3. The molecule has 0 atom stereocenters. The summed E-state index contributed by atoms with van der Waals surface area (Å²) >= 11 is 0. The molecule has 0 fully saturated rings. The minimum absolute atomic E-state index is 0.0273. The van der Waals surface area contributed by atoms with Gasteiger partial charge in [-0.15, -0.1) is 0 Å². The lowest BCUT2D eigenvalue weighted by Crippen LogP contribution is -2.33. The summed E-state index contributed by atoms with van der Waals surface area (Å²) in [6.07, 6.45) is -4.73. The van der Waals surface area contributed by atoms with Gasteiger partial charge in [-0.2, -0.15) is 21.6 Å². The Morgan fingerprint density at radius 2 is 1.74 bits per heavy atom. The maximum Gasteiger partial charge on any atom is 0.416 e. The van der Waals surface area contributed by atoms with Gasteiger partial charge in [-0.05, 0) is 54.8 Å². The number of alkyl halides is 3. The van der Waals surface area contributed by atoms with Crippen LogP contribution in [0.5, 0.6) is 5.75 Å². The fourth-order valence-corrected chi connectivity index (χ4v) is 4.67. The van der Waals surface area contributed by atoms with Crippen molar-refractivity contribution in [1.29, 1.82) is 0 Å². The van der Waals surface area contributed by atoms with Gasteiger partial charge in [-0.3, -0.25) is 14.9 Å². The van der Waals surface area contributed by atoms with Gasteiger partial charge in [-0.25, -0.2) is 0 Å². The number of rotatable bonds is 9. The van der Waals surface area contributed by atoms with Gasteiger partial charge in [0, 0.05) is 30.3 Å². The SMILES string of the molecule is Cc1ccc(C(=O)N(Cc2cccc(OS(=O)(=O)c3cccc(C(F)(F)F)c3)c2)CC(C)C)cc1[N+](=O)[O-]. The molecule has 0 N–H and O–H groups in total. The van der Waals surface area contributed by atoms with Crippen molar-refractivity contribution in [1.82, 2.24) is 4.90 Å². The summed E-state index contributed by atoms with van der Waals surface area (Å²) < 4.78 is 69.4. The number of nitro groups is 1. The van der Waals surface area contributed by atoms with E-state index in [9.17, 15) is 36.5 Å². The van der Waals surface area contributed by atoms with E-state index in [4.69, 9.17) is 4.18 Å². The summed E-state index contributed by atoms with van der Waals surface area (Å²) in [7, 11) is -4.58. The number of hydrogen-bond acceptors (Lipinski definition) is 6. The molecule has 0 aliphatic rings. The number of carbonyl (C=O) groups is 1. The molecule has 0 bridgehead atoms. The Morgan fingerprint density at radius 1 is 1.05 bits per heavy atom. The first kappa shape index (κ1) is 28.6. The molecule has 0 aliphatic carbocycles. The highest BCUT2D eigenvalue weighted by molar-refractivity contribution is 7.87. The van der Waals surface area contributed by atoms with Gasteiger partial charge in [0.1, 0.15) is 10.6 Å². The predicted molar refractivity (Wildman–Crippen MR) is 133 cm³/mol. The molecule has 0 saturated heterocycles. The van der Waals surface area contributed by atoms with E-state index >= 15 is 0 Å². The molecule has 0 radical (unpaired) electrons. The summed E-state index contributed by atoms with van der Waals surface area (Å²) in [5.41, 5.74) is -0.292. The lowest BCUT2D eigenvalue weighted by atomic mass is 10.1. The first-order chi connectivity index (χ1) is 17.7. The Hall–Kier alpha value is -3.93. The molecule has 3 aromatic carbocycles. The molecular weight excluding hydrogens is 525 g/mol. The number of benzene rings is 3. The van der Waals surface area contributed by atoms with Crippen LogP contribution in [-0.2, 0) is 22.8 Å². The van der Waals surface area contributed by atoms with Crippen molar-refractivity contribution >= 4 is 21.7 Å². The minimum atomic E-state index is -4.73. The van der Waals surface area contributed by atoms with E-state index in [2.05, 4.69) is 0 Å². The number of hydrogen-bond donors (Lipinski definition) is 0. The van der Waals surface area contributed by atoms with Crippen LogP contribution in [0.1, 0.15) is 40.9 Å². The Morgan fingerprint density at radius 3 is 2.37 bits per heavy atom. The molecule has 202 valence electrons. The van der Waals surface area contributed by atoms with E-state index in [1.807, 2.05) is 13.8 Å². The molecule has 0 aromatic heterocycles. The van der Waals surface area contributed by atoms with Gasteiger partial charge < -0.3 is 9.08 Å². The molecule has 0 saturated carbocycles. The van der Waals surface area contributed by atoms with E-state index in [1.165, 1.54) is 41.3 Å². The molecule has 3 rings (SSSR count). The van der Waals surface area contributed by atoms with Crippen LogP contribution in [0.4, 0.5) is 18.9 Å². The maximum atomic E-state index is 13.3. The van der Waals surface area contributed by atoms with Crippen molar-refractivity contribution in [3.05, 3.63) is 99.1 Å². The van der Waals surface area contributed by atoms with Crippen LogP contribution in [0.3, 0.4) is 0 Å². The summed E-state index contributed by atoms with van der Waals surface area (Å²) in [6.45, 7) is 5.67. The number of halogens is 3. The summed E-state index contributed by atoms with van der Waals surface area (Å²) in [5.74, 6) is -0.562. The van der Waals surface area contributed by atoms with E-state index < -0.39 is 37.6 Å². The third kappa shape index (κ3) is 7.09. The predicted octanol–water partition coefficient (Wildman–Crippen LogP) is 5.99. The maximum absolute atomic E-state index is 13.3. The van der Waals surface area contributed by atoms with Crippen LogP contribution in [0.2, 0.25) is 0 Å². The van der Waals surface area contributed by atoms with E-state index in [-0.39, 0.29) is 29.5 Å². The molecule has 0 heterocycles. The lowest BCUT2D eigenvalue weighted by Gasteiger charge is -2.25. The van der Waals surface area contributed by atoms with Crippen LogP contribution < -0.4 is 4.18 Å². The van der Waals surface area contributed by atoms with E-state index in [1.54, 1.807) is 13.0 Å². The Balaban J connectivity index is 1.86. The average molecular weight is 551 g/mol. The van der Waals surface area contributed by atoms with Gasteiger partial charge in [0.25, 0.3) is 11.6 Å². The number of nitrogens with zero attached hydrogens (tertiary/aromatic N) is 2. The molecule has 12 heteroatoms. The second-order valence-electron chi connectivity index (χ2n) is 9.05. The average Bonchev–Trinajstić information content (AvgIpc) is 2.82. The van der Waals surface area contributed by atoms with Crippen molar-refractivity contribution in [3.8, 4) is 5.75 Å². The highest BCUT2D eigenvalue weighted by Crippen LogP contribution is 2.31. The van der Waals surface area contributed by atoms with Crippen LogP contribution in [-0.4, -0.2) is 30.7 Å². The number of aryl methyl sites for hydroxylation is 1.